The minimum Gasteiger partial charge on any atom is -0.315 e. The van der Waals surface area contributed by atoms with Gasteiger partial charge in [0.1, 0.15) is 0 Å². The number of thiazole rings is 1. The van der Waals surface area contributed by atoms with Crippen molar-refractivity contribution in [1.29, 1.82) is 0 Å². The molecule has 3 rings (SSSR count). The Morgan fingerprint density at radius 3 is 2.54 bits per heavy atom. The number of benzene rings is 2. The van der Waals surface area contributed by atoms with Crippen LogP contribution in [0.25, 0.3) is 11.3 Å². The Labute approximate surface area is 152 Å². The second-order valence-corrected chi connectivity index (χ2v) is 6.83. The number of nitrogens with zero attached hydrogens (tertiary/aromatic N) is 2. The molecule has 0 radical (unpaired) electrons. The van der Waals surface area contributed by atoms with E-state index in [0.717, 1.165) is 27.1 Å². The van der Waals surface area contributed by atoms with Gasteiger partial charge in [-0.15, -0.1) is 16.4 Å². The first-order chi connectivity index (χ1) is 11.7. The molecule has 4 nitrogen and oxygen atoms in total. The normalized spacial score (nSPS) is 11.5. The van der Waals surface area contributed by atoms with E-state index in [1.807, 2.05) is 30.3 Å². The minimum atomic E-state index is -0.222. The molecule has 0 spiro atoms. The summed E-state index contributed by atoms with van der Waals surface area (Å²) in [5, 5.41) is 6.35. The Morgan fingerprint density at radius 2 is 1.88 bits per heavy atom. The molecule has 0 saturated carbocycles. The highest BCUT2D eigenvalue weighted by Gasteiger charge is 2.07. The highest BCUT2D eigenvalue weighted by Crippen LogP contribution is 2.19. The number of carbonyl (C=O) groups is 1. The van der Waals surface area contributed by atoms with Crippen molar-refractivity contribution in [3.8, 4) is 11.3 Å². The monoisotopic (exact) mass is 401 g/mol. The first-order valence-corrected chi connectivity index (χ1v) is 9.19. The van der Waals surface area contributed by atoms with Gasteiger partial charge in [-0.05, 0) is 36.8 Å². The summed E-state index contributed by atoms with van der Waals surface area (Å²) >= 11 is 4.87. The third-order valence-corrected chi connectivity index (χ3v) is 4.94. The summed E-state index contributed by atoms with van der Waals surface area (Å²) in [7, 11) is 0. The van der Waals surface area contributed by atoms with Crippen LogP contribution in [0.15, 0.2) is 69.6 Å². The molecule has 1 N–H and O–H groups in total. The van der Waals surface area contributed by atoms with E-state index in [1.165, 1.54) is 11.3 Å². The van der Waals surface area contributed by atoms with Gasteiger partial charge in [0.05, 0.1) is 5.69 Å². The zero-order valence-electron chi connectivity index (χ0n) is 13.1. The molecule has 1 amide bonds. The maximum Gasteiger partial charge on any atom is 0.271 e. The Kier molecular flexibility index (Phi) is 5.27. The van der Waals surface area contributed by atoms with E-state index in [9.17, 15) is 4.79 Å². The Morgan fingerprint density at radius 1 is 1.17 bits per heavy atom. The van der Waals surface area contributed by atoms with Gasteiger partial charge in [-0.3, -0.25) is 4.79 Å². The van der Waals surface area contributed by atoms with Crippen molar-refractivity contribution in [3.05, 3.63) is 74.8 Å². The van der Waals surface area contributed by atoms with Crippen LogP contribution in [0.5, 0.6) is 0 Å². The van der Waals surface area contributed by atoms with Crippen molar-refractivity contribution in [2.45, 2.75) is 13.5 Å². The lowest BCUT2D eigenvalue weighted by molar-refractivity contribution is 0.0953. The average molecular weight is 402 g/mol. The Balaban J connectivity index is 1.87. The van der Waals surface area contributed by atoms with Crippen molar-refractivity contribution in [3.63, 3.8) is 0 Å². The molecule has 6 heteroatoms. The second-order valence-electron chi connectivity index (χ2n) is 5.07. The summed E-state index contributed by atoms with van der Waals surface area (Å²) < 4.78 is 3.02. The van der Waals surface area contributed by atoms with Crippen molar-refractivity contribution in [2.75, 3.05) is 0 Å². The summed E-state index contributed by atoms with van der Waals surface area (Å²) in [4.78, 5) is 12.9. The van der Waals surface area contributed by atoms with Gasteiger partial charge in [-0.2, -0.15) is 0 Å². The number of hydrogen-bond donors (Lipinski definition) is 1. The average Bonchev–Trinajstić information content (AvgIpc) is 3.04. The highest BCUT2D eigenvalue weighted by atomic mass is 79.9. The molecule has 0 fully saturated rings. The number of rotatable bonds is 4. The zero-order chi connectivity index (χ0) is 16.9. The minimum absolute atomic E-state index is 0.222. The van der Waals surface area contributed by atoms with E-state index < -0.39 is 0 Å². The second kappa shape index (κ2) is 7.59. The Bertz CT molecular complexity index is 898. The van der Waals surface area contributed by atoms with E-state index in [0.29, 0.717) is 5.56 Å². The predicted octanol–water partition coefficient (Wildman–Crippen LogP) is 4.24. The third kappa shape index (κ3) is 3.66. The fourth-order valence-corrected chi connectivity index (χ4v) is 3.53. The third-order valence-electron chi connectivity index (χ3n) is 3.54. The molecule has 2 aromatic carbocycles. The Hall–Kier alpha value is -2.18. The number of nitrogens with one attached hydrogen (secondary N) is 1. The van der Waals surface area contributed by atoms with Crippen LogP contribution in [0, 0.1) is 0 Å². The maximum atomic E-state index is 12.2. The molecule has 0 aliphatic rings. The van der Waals surface area contributed by atoms with E-state index in [4.69, 9.17) is 0 Å². The van der Waals surface area contributed by atoms with Crippen LogP contribution in [0.4, 0.5) is 0 Å². The van der Waals surface area contributed by atoms with Gasteiger partial charge in [0, 0.05) is 22.0 Å². The molecule has 0 aliphatic carbocycles. The van der Waals surface area contributed by atoms with E-state index in [-0.39, 0.29) is 5.91 Å². The zero-order valence-corrected chi connectivity index (χ0v) is 15.5. The number of halogens is 1. The predicted molar refractivity (Wildman–Crippen MR) is 101 cm³/mol. The highest BCUT2D eigenvalue weighted by molar-refractivity contribution is 9.10. The topological polar surface area (TPSA) is 46.4 Å². The van der Waals surface area contributed by atoms with Gasteiger partial charge < -0.3 is 4.57 Å². The molecule has 0 saturated heterocycles. The van der Waals surface area contributed by atoms with Crippen molar-refractivity contribution in [2.24, 2.45) is 5.10 Å². The SMILES string of the molecule is CCn1c(-c2ccccc2)cs/c1=N/NC(=O)c1ccc(Br)cc1. The quantitative estimate of drug-likeness (QED) is 0.652. The van der Waals surface area contributed by atoms with Gasteiger partial charge in [-0.25, -0.2) is 5.43 Å². The van der Waals surface area contributed by atoms with Crippen molar-refractivity contribution < 1.29 is 4.79 Å². The van der Waals surface area contributed by atoms with Gasteiger partial charge >= 0.3 is 0 Å². The first kappa shape index (κ1) is 16.7. The van der Waals surface area contributed by atoms with E-state index in [2.05, 4.69) is 55.5 Å². The molecule has 0 aliphatic heterocycles. The van der Waals surface area contributed by atoms with Crippen LogP contribution in [0.3, 0.4) is 0 Å². The maximum absolute atomic E-state index is 12.2. The molecule has 1 aromatic heterocycles. The van der Waals surface area contributed by atoms with Crippen molar-refractivity contribution >= 4 is 33.2 Å². The standard InChI is InChI=1S/C18H16BrN3OS/c1-2-22-16(13-6-4-3-5-7-13)12-24-18(22)21-20-17(23)14-8-10-15(19)11-9-14/h3-12H,2H2,1H3,(H,20,23)/b21-18+. The fourth-order valence-electron chi connectivity index (χ4n) is 2.33. The molecule has 0 bridgehead atoms. The van der Waals surface area contributed by atoms with Gasteiger partial charge in [0.2, 0.25) is 4.80 Å². The molecular weight excluding hydrogens is 386 g/mol. The summed E-state index contributed by atoms with van der Waals surface area (Å²) in [6.45, 7) is 2.84. The van der Waals surface area contributed by atoms with Crippen LogP contribution in [0.1, 0.15) is 17.3 Å². The van der Waals surface area contributed by atoms with E-state index in [1.54, 1.807) is 12.1 Å². The smallest absolute Gasteiger partial charge is 0.271 e. The van der Waals surface area contributed by atoms with Crippen LogP contribution in [-0.2, 0) is 6.54 Å². The van der Waals surface area contributed by atoms with Crippen LogP contribution >= 0.6 is 27.3 Å². The lowest BCUT2D eigenvalue weighted by Gasteiger charge is -2.06. The number of amides is 1. The van der Waals surface area contributed by atoms with E-state index >= 15 is 0 Å². The largest absolute Gasteiger partial charge is 0.315 e. The molecular formula is C18H16BrN3OS. The molecule has 0 unspecified atom stereocenters. The van der Waals surface area contributed by atoms with Crippen molar-refractivity contribution in [1.82, 2.24) is 9.99 Å². The summed E-state index contributed by atoms with van der Waals surface area (Å²) in [5.74, 6) is -0.222. The summed E-state index contributed by atoms with van der Waals surface area (Å²) in [6.07, 6.45) is 0. The van der Waals surface area contributed by atoms with Gasteiger partial charge in [0.15, 0.2) is 0 Å². The number of hydrogen-bond acceptors (Lipinski definition) is 3. The molecule has 0 atom stereocenters. The molecule has 24 heavy (non-hydrogen) atoms. The summed E-state index contributed by atoms with van der Waals surface area (Å²) in [5.41, 5.74) is 5.44. The van der Waals surface area contributed by atoms with Crippen LogP contribution in [0.2, 0.25) is 0 Å². The lowest BCUT2D eigenvalue weighted by atomic mass is 10.2. The van der Waals surface area contributed by atoms with Gasteiger partial charge in [0.25, 0.3) is 5.91 Å². The van der Waals surface area contributed by atoms with Gasteiger partial charge in [-0.1, -0.05) is 46.3 Å². The number of aromatic nitrogens is 1. The molecule has 3 aromatic rings. The summed E-state index contributed by atoms with van der Waals surface area (Å²) in [6, 6.07) is 17.3. The van der Waals surface area contributed by atoms with Crippen LogP contribution < -0.4 is 10.2 Å². The van der Waals surface area contributed by atoms with Crippen LogP contribution in [-0.4, -0.2) is 10.5 Å². The number of carbonyl (C=O) groups excluding carboxylic acids is 1. The fraction of sp³-hybridized carbons (Fsp3) is 0.111. The lowest BCUT2D eigenvalue weighted by Crippen LogP contribution is -2.24. The first-order valence-electron chi connectivity index (χ1n) is 7.52. The molecule has 1 heterocycles. The molecule has 122 valence electrons.